The Morgan fingerprint density at radius 1 is 1.22 bits per heavy atom. The molecule has 2 rings (SSSR count). The van der Waals surface area contributed by atoms with Gasteiger partial charge in [0.1, 0.15) is 0 Å². The summed E-state index contributed by atoms with van der Waals surface area (Å²) in [5.74, 6) is -0.125. The van der Waals surface area contributed by atoms with E-state index in [1.807, 2.05) is 6.92 Å². The highest BCUT2D eigenvalue weighted by atomic mass is 35.5. The van der Waals surface area contributed by atoms with E-state index >= 15 is 0 Å². The average molecular weight is 341 g/mol. The monoisotopic (exact) mass is 340 g/mol. The van der Waals surface area contributed by atoms with Gasteiger partial charge in [-0.2, -0.15) is 0 Å². The molecule has 0 saturated carbocycles. The summed E-state index contributed by atoms with van der Waals surface area (Å²) in [5.41, 5.74) is -0.368. The zero-order valence-electron chi connectivity index (χ0n) is 12.9. The number of carbonyl (C=O) groups is 1. The molecule has 1 heterocycles. The van der Waals surface area contributed by atoms with Gasteiger partial charge in [0, 0.05) is 26.1 Å². The summed E-state index contributed by atoms with van der Waals surface area (Å²) in [7, 11) is 0. The van der Waals surface area contributed by atoms with Gasteiger partial charge in [0.2, 0.25) is 5.91 Å². The third kappa shape index (κ3) is 4.94. The Hall–Kier alpha value is -2.12. The van der Waals surface area contributed by atoms with Crippen LogP contribution in [0.5, 0.6) is 0 Å². The van der Waals surface area contributed by atoms with Crippen molar-refractivity contribution in [3.63, 3.8) is 0 Å². The minimum atomic E-state index is -0.496. The normalized spacial score (nSPS) is 10.3. The zero-order chi connectivity index (χ0) is 15.9. The molecule has 0 bridgehead atoms. The number of hydrogen-bond acceptors (Lipinski definition) is 4. The molecule has 0 unspecified atom stereocenters. The molecule has 1 aromatic heterocycles. The van der Waals surface area contributed by atoms with Gasteiger partial charge in [0.15, 0.2) is 0 Å². The predicted molar refractivity (Wildman–Crippen MR) is 92.2 cm³/mol. The van der Waals surface area contributed by atoms with Gasteiger partial charge in [-0.3, -0.25) is 19.1 Å². The van der Waals surface area contributed by atoms with Gasteiger partial charge in [-0.15, -0.1) is 12.4 Å². The largest absolute Gasteiger partial charge is 0.355 e. The molecular formula is C15H21ClN4O3. The number of likely N-dealkylation sites (N-methyl/N-ethyl adjacent to an activating group) is 1. The Morgan fingerprint density at radius 2 is 1.96 bits per heavy atom. The quantitative estimate of drug-likeness (QED) is 0.629. The van der Waals surface area contributed by atoms with E-state index in [2.05, 4.69) is 15.6 Å². The summed E-state index contributed by atoms with van der Waals surface area (Å²) >= 11 is 0. The molecular weight excluding hydrogens is 320 g/mol. The number of para-hydroxylation sites is 1. The van der Waals surface area contributed by atoms with Crippen molar-refractivity contribution in [2.45, 2.75) is 19.9 Å². The summed E-state index contributed by atoms with van der Waals surface area (Å²) in [6, 6.07) is 6.85. The molecule has 0 aliphatic rings. The lowest BCUT2D eigenvalue weighted by atomic mass is 10.2. The second-order valence-electron chi connectivity index (χ2n) is 4.88. The molecule has 2 aromatic rings. The highest BCUT2D eigenvalue weighted by Gasteiger charge is 2.08. The molecule has 0 spiro atoms. The first kappa shape index (κ1) is 18.9. The maximum atomic E-state index is 11.9. The summed E-state index contributed by atoms with van der Waals surface area (Å²) in [6.45, 7) is 4.34. The minimum absolute atomic E-state index is 0. The molecule has 1 aromatic carbocycles. The molecule has 7 nitrogen and oxygen atoms in total. The number of H-pyrrole nitrogens is 1. The number of aromatic amines is 1. The number of rotatable bonds is 7. The van der Waals surface area contributed by atoms with Gasteiger partial charge in [0.05, 0.1) is 10.9 Å². The SMILES string of the molecule is CCNCCNC(=O)CCn1c(=O)[nH]c(=O)c2ccccc21.Cl. The highest BCUT2D eigenvalue weighted by Crippen LogP contribution is 2.06. The molecule has 0 fully saturated rings. The van der Waals surface area contributed by atoms with E-state index in [0.717, 1.165) is 6.54 Å². The number of amides is 1. The Morgan fingerprint density at radius 3 is 2.70 bits per heavy atom. The van der Waals surface area contributed by atoms with Gasteiger partial charge in [-0.05, 0) is 18.7 Å². The summed E-state index contributed by atoms with van der Waals surface area (Å²) < 4.78 is 1.42. The molecule has 8 heteroatoms. The number of aromatic nitrogens is 2. The average Bonchev–Trinajstić information content (AvgIpc) is 2.51. The number of benzene rings is 1. The van der Waals surface area contributed by atoms with E-state index in [-0.39, 0.29) is 31.3 Å². The Kier molecular flexibility index (Phi) is 7.50. The lowest BCUT2D eigenvalue weighted by Crippen LogP contribution is -2.34. The third-order valence-electron chi connectivity index (χ3n) is 3.34. The summed E-state index contributed by atoms with van der Waals surface area (Å²) in [5, 5.41) is 6.32. The van der Waals surface area contributed by atoms with E-state index < -0.39 is 11.2 Å². The molecule has 0 saturated heterocycles. The van der Waals surface area contributed by atoms with Crippen molar-refractivity contribution in [3.05, 3.63) is 45.1 Å². The fourth-order valence-corrected chi connectivity index (χ4v) is 2.23. The standard InChI is InChI=1S/C15H20N4O3.ClH/c1-2-16-8-9-17-13(20)7-10-19-12-6-4-3-5-11(12)14(21)18-15(19)22;/h3-6,16H,2,7-10H2,1H3,(H,17,20)(H,18,21,22);1H. The van der Waals surface area contributed by atoms with Crippen LogP contribution in [0.1, 0.15) is 13.3 Å². The lowest BCUT2D eigenvalue weighted by molar-refractivity contribution is -0.121. The van der Waals surface area contributed by atoms with Crippen LogP contribution >= 0.6 is 12.4 Å². The maximum Gasteiger partial charge on any atom is 0.328 e. The van der Waals surface area contributed by atoms with E-state index in [1.165, 1.54) is 4.57 Å². The maximum absolute atomic E-state index is 11.9. The van der Waals surface area contributed by atoms with Crippen LogP contribution in [-0.4, -0.2) is 35.1 Å². The molecule has 3 N–H and O–H groups in total. The fourth-order valence-electron chi connectivity index (χ4n) is 2.23. The number of carbonyl (C=O) groups excluding carboxylic acids is 1. The topological polar surface area (TPSA) is 96.0 Å². The Balaban J connectivity index is 0.00000264. The van der Waals surface area contributed by atoms with Crippen LogP contribution in [0.4, 0.5) is 0 Å². The second-order valence-corrected chi connectivity index (χ2v) is 4.88. The smallest absolute Gasteiger partial charge is 0.328 e. The van der Waals surface area contributed by atoms with Crippen LogP contribution in [0.15, 0.2) is 33.9 Å². The molecule has 0 aliphatic carbocycles. The van der Waals surface area contributed by atoms with Crippen LogP contribution < -0.4 is 21.9 Å². The molecule has 126 valence electrons. The van der Waals surface area contributed by atoms with E-state index in [4.69, 9.17) is 0 Å². The van der Waals surface area contributed by atoms with Crippen molar-refractivity contribution in [1.82, 2.24) is 20.2 Å². The first-order valence-corrected chi connectivity index (χ1v) is 7.32. The summed E-state index contributed by atoms with van der Waals surface area (Å²) in [4.78, 5) is 37.7. The van der Waals surface area contributed by atoms with Gasteiger partial charge in [-0.25, -0.2) is 4.79 Å². The fraction of sp³-hybridized carbons (Fsp3) is 0.400. The van der Waals surface area contributed by atoms with E-state index in [9.17, 15) is 14.4 Å². The molecule has 1 amide bonds. The van der Waals surface area contributed by atoms with Gasteiger partial charge >= 0.3 is 5.69 Å². The van der Waals surface area contributed by atoms with Crippen molar-refractivity contribution in [1.29, 1.82) is 0 Å². The van der Waals surface area contributed by atoms with Crippen LogP contribution in [-0.2, 0) is 11.3 Å². The second kappa shape index (κ2) is 9.12. The van der Waals surface area contributed by atoms with Crippen molar-refractivity contribution in [2.75, 3.05) is 19.6 Å². The predicted octanol–water partition coefficient (Wildman–Crippen LogP) is 0.227. The van der Waals surface area contributed by atoms with Gasteiger partial charge in [0.25, 0.3) is 5.56 Å². The number of hydrogen-bond donors (Lipinski definition) is 3. The molecule has 23 heavy (non-hydrogen) atoms. The number of fused-ring (bicyclic) bond motifs is 1. The number of nitrogens with zero attached hydrogens (tertiary/aromatic N) is 1. The van der Waals surface area contributed by atoms with E-state index in [1.54, 1.807) is 24.3 Å². The van der Waals surface area contributed by atoms with Gasteiger partial charge < -0.3 is 10.6 Å². The number of nitrogens with one attached hydrogen (secondary N) is 3. The van der Waals surface area contributed by atoms with Crippen molar-refractivity contribution in [2.24, 2.45) is 0 Å². The Labute approximate surface area is 139 Å². The minimum Gasteiger partial charge on any atom is -0.355 e. The zero-order valence-corrected chi connectivity index (χ0v) is 13.7. The van der Waals surface area contributed by atoms with Gasteiger partial charge in [-0.1, -0.05) is 19.1 Å². The van der Waals surface area contributed by atoms with E-state index in [0.29, 0.717) is 24.0 Å². The first-order chi connectivity index (χ1) is 10.6. The summed E-state index contributed by atoms with van der Waals surface area (Å²) in [6.07, 6.45) is 0.183. The van der Waals surface area contributed by atoms with Crippen LogP contribution in [0.3, 0.4) is 0 Å². The lowest BCUT2D eigenvalue weighted by Gasteiger charge is -2.09. The van der Waals surface area contributed by atoms with Crippen molar-refractivity contribution >= 4 is 29.2 Å². The van der Waals surface area contributed by atoms with Crippen molar-refractivity contribution in [3.8, 4) is 0 Å². The molecule has 0 atom stereocenters. The Bertz CT molecular complexity index is 769. The molecule has 0 aliphatic heterocycles. The number of halogens is 1. The third-order valence-corrected chi connectivity index (χ3v) is 3.34. The molecule has 0 radical (unpaired) electrons. The van der Waals surface area contributed by atoms with Crippen LogP contribution in [0.25, 0.3) is 10.9 Å². The van der Waals surface area contributed by atoms with Crippen LogP contribution in [0, 0.1) is 0 Å². The first-order valence-electron chi connectivity index (χ1n) is 7.32. The highest BCUT2D eigenvalue weighted by molar-refractivity contribution is 5.85. The number of aryl methyl sites for hydroxylation is 1. The van der Waals surface area contributed by atoms with Crippen LogP contribution in [0.2, 0.25) is 0 Å². The van der Waals surface area contributed by atoms with Crippen molar-refractivity contribution < 1.29 is 4.79 Å².